The zero-order valence-corrected chi connectivity index (χ0v) is 75.1. The smallest absolute Gasteiger partial charge is 0.160 e. The quantitative estimate of drug-likeness (QED) is 0.106. The van der Waals surface area contributed by atoms with Crippen molar-refractivity contribution < 1.29 is 24.0 Å². The molecule has 5 aromatic carbocycles. The third-order valence-electron chi connectivity index (χ3n) is 29.0. The SMILES string of the molecule is Cc1[nH]nc2c1C(Cc1ccccc1)C1=C(C2)CC(C)(C)CC1=O.Cc1[nH]nc2c1C(c1ccccc1)C1=C(C2)CC2(CCC2)CC1=O.Cc1[nH]nc2c1C(c1ccccc1)C1=C(C2)CC2(CCCC2)CC1=O.Cc1[nH]nc2c1[C@@H](c1ccccc1Br)C1=C(C2)CC(C)(C)CC1=O.Cc1[nH]nc2c1[C@H](c1ccccc1Br)C1=C(C2)CC(C)(C)CC1=O. The molecule has 15 nitrogen and oxygen atoms in total. The lowest BCUT2D eigenvalue weighted by Gasteiger charge is -2.47. The summed E-state index contributed by atoms with van der Waals surface area (Å²) in [6.45, 7) is 23.5. The van der Waals surface area contributed by atoms with Gasteiger partial charge in [0.15, 0.2) is 28.9 Å². The Bertz CT molecular complexity index is 5850. The number of hydrogen-bond acceptors (Lipinski definition) is 10. The summed E-state index contributed by atoms with van der Waals surface area (Å²) in [7, 11) is 0. The van der Waals surface area contributed by atoms with Gasteiger partial charge in [-0.05, 0) is 166 Å². The number of benzene rings is 5. The van der Waals surface area contributed by atoms with Crippen molar-refractivity contribution in [2.75, 3.05) is 0 Å². The number of ketones is 5. The molecule has 12 aliphatic rings. The van der Waals surface area contributed by atoms with Crippen molar-refractivity contribution >= 4 is 60.8 Å². The largest absolute Gasteiger partial charge is 0.295 e. The molecule has 17 heteroatoms. The minimum Gasteiger partial charge on any atom is -0.295 e. The maximum absolute atomic E-state index is 13.3. The van der Waals surface area contributed by atoms with Gasteiger partial charge in [-0.2, -0.15) is 25.5 Å². The number of aryl methyl sites for hydroxylation is 5. The molecule has 5 heterocycles. The Hall–Kier alpha value is -9.84. The molecule has 622 valence electrons. The molecule has 2 saturated carbocycles. The molecular weight excluding hydrogens is 1630 g/mol. The number of nitrogens with one attached hydrogen (secondary N) is 5. The van der Waals surface area contributed by atoms with Crippen molar-refractivity contribution in [3.63, 3.8) is 0 Å². The highest BCUT2D eigenvalue weighted by molar-refractivity contribution is 9.10. The average Bonchev–Trinajstić information content (AvgIpc) is 1.76. The summed E-state index contributed by atoms with van der Waals surface area (Å²) in [6.07, 6.45) is 22.3. The number of nitrogens with zero attached hydrogens (tertiary/aromatic N) is 5. The van der Waals surface area contributed by atoms with E-state index >= 15 is 0 Å². The van der Waals surface area contributed by atoms with Crippen LogP contribution in [0, 0.1) is 61.7 Å². The van der Waals surface area contributed by atoms with Crippen molar-refractivity contribution in [3.8, 4) is 0 Å². The van der Waals surface area contributed by atoms with Crippen molar-refractivity contribution in [3.05, 3.63) is 317 Å². The van der Waals surface area contributed by atoms with E-state index in [9.17, 15) is 24.0 Å². The molecule has 0 saturated heterocycles. The fourth-order valence-corrected chi connectivity index (χ4v) is 25.0. The Balaban J connectivity index is 0.000000104. The van der Waals surface area contributed by atoms with Crippen LogP contribution in [0.4, 0.5) is 0 Å². The molecule has 2 spiro atoms. The number of aromatic nitrogens is 10. The zero-order valence-electron chi connectivity index (χ0n) is 72.0. The van der Waals surface area contributed by atoms with E-state index in [4.69, 9.17) is 0 Å². The van der Waals surface area contributed by atoms with Gasteiger partial charge in [-0.15, -0.1) is 0 Å². The van der Waals surface area contributed by atoms with Gasteiger partial charge < -0.3 is 0 Å². The van der Waals surface area contributed by atoms with Crippen LogP contribution in [0.5, 0.6) is 0 Å². The molecule has 5 N–H and O–H groups in total. The van der Waals surface area contributed by atoms with E-state index in [-0.39, 0.29) is 56.7 Å². The number of allylic oxidation sites excluding steroid dienone is 10. The van der Waals surface area contributed by atoms with Crippen LogP contribution in [0.25, 0.3) is 0 Å². The highest BCUT2D eigenvalue weighted by Gasteiger charge is 2.51. The van der Waals surface area contributed by atoms with Gasteiger partial charge in [0, 0.05) is 187 Å². The van der Waals surface area contributed by atoms with Gasteiger partial charge >= 0.3 is 0 Å². The van der Waals surface area contributed by atoms with E-state index in [1.54, 1.807) is 0 Å². The molecule has 12 aliphatic carbocycles. The molecule has 0 radical (unpaired) electrons. The maximum Gasteiger partial charge on any atom is 0.160 e. The van der Waals surface area contributed by atoms with Crippen LogP contribution in [0.3, 0.4) is 0 Å². The number of fused-ring (bicyclic) bond motifs is 5. The van der Waals surface area contributed by atoms with Crippen LogP contribution in [0.15, 0.2) is 204 Å². The first-order chi connectivity index (χ1) is 58.0. The van der Waals surface area contributed by atoms with Gasteiger partial charge in [-0.25, -0.2) is 0 Å². The van der Waals surface area contributed by atoms with Gasteiger partial charge in [0.05, 0.1) is 28.5 Å². The average molecular weight is 1740 g/mol. The van der Waals surface area contributed by atoms with Crippen LogP contribution < -0.4 is 0 Å². The number of H-pyrrole nitrogens is 5. The molecule has 5 atom stereocenters. The standard InChI is InChI=1S/C22H24N2O.C21H22N2O.C21H24N2O.2C20H21BrN2O/c1-14-19-17(24-23-14)11-16-12-22(9-5-6-10-22)13-18(25)20(16)21(19)15-7-3-2-4-8-15;1-13-18-16(23-22-13)10-15-11-21(8-5-9-21)12-17(24)19(15)20(18)14-6-3-2-4-7-14;1-13-19-16(9-14-7-5-4-6-8-14)20-15(10-17(19)23-22-13)11-21(2,3)12-18(20)24;2*1-11-17-15(23-22-11)8-12-9-20(2,3)10-16(24)18(12)19(17)13-6-4-5-7-14(13)21/h2-4,7-8,21H,5-6,9-13H2,1H3,(H,23,24);2-4,6-7,20H,5,8-12H2,1H3,(H,22,23);4-8,16H,9-12H2,1-3H3,(H,22,23);2*4-7,19H,8-10H2,1-3H3,(H,22,23)/t;;;2*19-/m...10/s1. The maximum atomic E-state index is 13.3. The molecule has 0 amide bonds. The number of halogens is 2. The Morgan fingerprint density at radius 1 is 0.314 bits per heavy atom. The number of hydrogen-bond donors (Lipinski definition) is 5. The number of rotatable bonds is 6. The molecule has 121 heavy (non-hydrogen) atoms. The summed E-state index contributed by atoms with van der Waals surface area (Å²) >= 11 is 7.38. The fourth-order valence-electron chi connectivity index (χ4n) is 24.0. The molecule has 0 bridgehead atoms. The lowest BCUT2D eigenvalue weighted by molar-refractivity contribution is -0.121. The minimum absolute atomic E-state index is 0.0123. The summed E-state index contributed by atoms with van der Waals surface area (Å²) in [5.74, 6) is 1.96. The van der Waals surface area contributed by atoms with Crippen molar-refractivity contribution in [1.82, 2.24) is 51.0 Å². The second-order valence-corrected chi connectivity index (χ2v) is 41.5. The van der Waals surface area contributed by atoms with Crippen LogP contribution in [-0.2, 0) is 62.5 Å². The molecule has 5 aromatic heterocycles. The van der Waals surface area contributed by atoms with Gasteiger partial charge in [-0.3, -0.25) is 49.5 Å². The normalized spacial score (nSPS) is 23.2. The Morgan fingerprint density at radius 3 is 0.950 bits per heavy atom. The van der Waals surface area contributed by atoms with E-state index in [2.05, 4.69) is 256 Å². The fraction of sp³-hybridized carbons (Fsp3) is 0.423. The van der Waals surface area contributed by atoms with Crippen molar-refractivity contribution in [2.45, 2.75) is 253 Å². The second kappa shape index (κ2) is 32.1. The molecule has 3 unspecified atom stereocenters. The zero-order chi connectivity index (χ0) is 84.3. The first-order valence-electron chi connectivity index (χ1n) is 44.1. The van der Waals surface area contributed by atoms with Crippen molar-refractivity contribution in [2.24, 2.45) is 27.1 Å². The lowest BCUT2D eigenvalue weighted by Crippen LogP contribution is -2.39. The van der Waals surface area contributed by atoms with E-state index in [0.29, 0.717) is 48.2 Å². The number of carbonyl (C=O) groups is 5. The molecule has 22 rings (SSSR count). The van der Waals surface area contributed by atoms with E-state index in [0.717, 1.165) is 188 Å². The predicted molar refractivity (Wildman–Crippen MR) is 481 cm³/mol. The lowest BCUT2D eigenvalue weighted by atomic mass is 9.56. The molecular formula is C104H112Br2N10O5. The Kier molecular flexibility index (Phi) is 21.8. The van der Waals surface area contributed by atoms with E-state index in [1.165, 1.54) is 117 Å². The van der Waals surface area contributed by atoms with Gasteiger partial charge in [0.2, 0.25) is 0 Å². The highest BCUT2D eigenvalue weighted by atomic mass is 79.9. The third kappa shape index (κ3) is 15.5. The van der Waals surface area contributed by atoms with Crippen LogP contribution in [-0.4, -0.2) is 79.9 Å². The summed E-state index contributed by atoms with van der Waals surface area (Å²) in [5.41, 5.74) is 35.7. The molecule has 2 fully saturated rings. The number of carbonyl (C=O) groups excluding carboxylic acids is 5. The summed E-state index contributed by atoms with van der Waals surface area (Å²) in [5, 5.41) is 38.6. The summed E-state index contributed by atoms with van der Waals surface area (Å²) in [4.78, 5) is 65.7. The van der Waals surface area contributed by atoms with E-state index < -0.39 is 0 Å². The summed E-state index contributed by atoms with van der Waals surface area (Å²) in [6, 6.07) is 47.9. The van der Waals surface area contributed by atoms with Crippen LogP contribution in [0.1, 0.15) is 293 Å². The third-order valence-corrected chi connectivity index (χ3v) is 30.4. The molecule has 0 aliphatic heterocycles. The summed E-state index contributed by atoms with van der Waals surface area (Å²) < 4.78 is 2.10. The minimum atomic E-state index is -0.0123. The van der Waals surface area contributed by atoms with E-state index in [1.807, 2.05) is 42.5 Å². The van der Waals surface area contributed by atoms with Crippen LogP contribution in [0.2, 0.25) is 0 Å². The van der Waals surface area contributed by atoms with Gasteiger partial charge in [-0.1, -0.05) is 248 Å². The van der Waals surface area contributed by atoms with Gasteiger partial charge in [0.25, 0.3) is 0 Å². The Morgan fingerprint density at radius 2 is 0.595 bits per heavy atom. The predicted octanol–water partition coefficient (Wildman–Crippen LogP) is 22.9. The number of Topliss-reactive ketones (excluding diaryl/α,β-unsaturated/α-hetero) is 5. The molecule has 10 aromatic rings. The van der Waals surface area contributed by atoms with Crippen LogP contribution >= 0.6 is 31.9 Å². The first kappa shape index (κ1) is 82.1. The topological polar surface area (TPSA) is 229 Å². The first-order valence-corrected chi connectivity index (χ1v) is 45.7. The Labute approximate surface area is 728 Å². The number of aromatic amines is 5. The highest BCUT2D eigenvalue weighted by Crippen LogP contribution is 2.60. The monoisotopic (exact) mass is 1740 g/mol. The second-order valence-electron chi connectivity index (χ2n) is 39.8. The van der Waals surface area contributed by atoms with Crippen molar-refractivity contribution in [1.29, 1.82) is 0 Å². The van der Waals surface area contributed by atoms with Gasteiger partial charge in [0.1, 0.15) is 0 Å².